The molecule has 0 saturated heterocycles. The van der Waals surface area contributed by atoms with E-state index in [0.717, 1.165) is 0 Å². The molecule has 0 heterocycles. The molecule has 1 aromatic carbocycles. The monoisotopic (exact) mass is 213 g/mol. The highest BCUT2D eigenvalue weighted by Gasteiger charge is 2.09. The maximum Gasteiger partial charge on any atom is 0.251 e. The van der Waals surface area contributed by atoms with Gasteiger partial charge in [-0.1, -0.05) is 6.07 Å². The number of nitrogens with one attached hydrogen (secondary N) is 1. The summed E-state index contributed by atoms with van der Waals surface area (Å²) in [5, 5.41) is 2.45. The summed E-state index contributed by atoms with van der Waals surface area (Å²) in [5.74, 6) is -0.267. The van der Waals surface area contributed by atoms with Gasteiger partial charge in [-0.3, -0.25) is 4.79 Å². The summed E-state index contributed by atoms with van der Waals surface area (Å²) >= 11 is -2.05. The highest BCUT2D eigenvalue weighted by molar-refractivity contribution is 7.79. The number of carbonyl (C=O) groups is 1. The average Bonchev–Trinajstić information content (AvgIpc) is 2.17. The molecule has 14 heavy (non-hydrogen) atoms. The van der Waals surface area contributed by atoms with Crippen molar-refractivity contribution in [2.45, 2.75) is 11.8 Å². The molecule has 2 N–H and O–H groups in total. The lowest BCUT2D eigenvalue weighted by molar-refractivity contribution is 0.0963. The minimum Gasteiger partial charge on any atom is -0.355 e. The quantitative estimate of drug-likeness (QED) is 0.718. The molecule has 0 bridgehead atoms. The average molecular weight is 213 g/mol. The Labute approximate surface area is 84.6 Å². The molecule has 76 valence electrons. The van der Waals surface area contributed by atoms with Crippen LogP contribution in [0.4, 0.5) is 0 Å². The molecule has 1 amide bonds. The summed E-state index contributed by atoms with van der Waals surface area (Å²) in [5.41, 5.74) is 1.08. The fourth-order valence-electron chi connectivity index (χ4n) is 1.07. The second kappa shape index (κ2) is 4.34. The Hall–Kier alpha value is -1.20. The van der Waals surface area contributed by atoms with Crippen molar-refractivity contribution in [1.29, 1.82) is 0 Å². The van der Waals surface area contributed by atoms with Gasteiger partial charge in [0.25, 0.3) is 5.91 Å². The van der Waals surface area contributed by atoms with E-state index < -0.39 is 11.1 Å². The van der Waals surface area contributed by atoms with Crippen LogP contribution in [0.15, 0.2) is 23.1 Å². The SMILES string of the molecule is CNC(=O)c1ccc(C)c(S(=O)O)c1. The van der Waals surface area contributed by atoms with Gasteiger partial charge >= 0.3 is 0 Å². The van der Waals surface area contributed by atoms with Gasteiger partial charge in [0.15, 0.2) is 11.1 Å². The zero-order valence-electron chi connectivity index (χ0n) is 7.90. The summed E-state index contributed by atoms with van der Waals surface area (Å²) in [6.07, 6.45) is 0. The van der Waals surface area contributed by atoms with E-state index in [-0.39, 0.29) is 10.8 Å². The fraction of sp³-hybridized carbons (Fsp3) is 0.222. The van der Waals surface area contributed by atoms with Crippen LogP contribution < -0.4 is 5.32 Å². The maximum absolute atomic E-state index is 11.2. The van der Waals surface area contributed by atoms with E-state index in [4.69, 9.17) is 4.55 Å². The molecule has 5 heteroatoms. The van der Waals surface area contributed by atoms with Crippen LogP contribution in [0, 0.1) is 6.92 Å². The van der Waals surface area contributed by atoms with Gasteiger partial charge in [0.2, 0.25) is 0 Å². The van der Waals surface area contributed by atoms with Crippen molar-refractivity contribution >= 4 is 17.0 Å². The number of benzene rings is 1. The third kappa shape index (κ3) is 2.18. The molecule has 0 fully saturated rings. The number of rotatable bonds is 2. The summed E-state index contributed by atoms with van der Waals surface area (Å²) in [6, 6.07) is 4.68. The summed E-state index contributed by atoms with van der Waals surface area (Å²) in [7, 11) is 1.51. The Morgan fingerprint density at radius 3 is 2.64 bits per heavy atom. The first kappa shape index (κ1) is 10.9. The predicted molar refractivity (Wildman–Crippen MR) is 53.6 cm³/mol. The molecule has 1 unspecified atom stereocenters. The second-order valence-electron chi connectivity index (χ2n) is 2.81. The summed E-state index contributed by atoms with van der Waals surface area (Å²) in [6.45, 7) is 1.72. The van der Waals surface area contributed by atoms with Crippen LogP contribution in [0.5, 0.6) is 0 Å². The molecule has 1 aromatic rings. The molecule has 0 spiro atoms. The normalized spacial score (nSPS) is 12.2. The van der Waals surface area contributed by atoms with Crippen LogP contribution >= 0.6 is 0 Å². The van der Waals surface area contributed by atoms with E-state index in [9.17, 15) is 9.00 Å². The van der Waals surface area contributed by atoms with Gasteiger partial charge in [-0.05, 0) is 24.6 Å². The Balaban J connectivity index is 3.19. The van der Waals surface area contributed by atoms with Crippen molar-refractivity contribution in [2.75, 3.05) is 7.05 Å². The van der Waals surface area contributed by atoms with E-state index in [1.807, 2.05) is 0 Å². The van der Waals surface area contributed by atoms with Crippen LogP contribution in [0.3, 0.4) is 0 Å². The molecular formula is C9H11NO3S. The lowest BCUT2D eigenvalue weighted by atomic mass is 10.1. The van der Waals surface area contributed by atoms with Gasteiger partial charge < -0.3 is 9.87 Å². The number of hydrogen-bond acceptors (Lipinski definition) is 2. The van der Waals surface area contributed by atoms with Crippen molar-refractivity contribution in [3.63, 3.8) is 0 Å². The van der Waals surface area contributed by atoms with Crippen LogP contribution in [0.2, 0.25) is 0 Å². The fourth-order valence-corrected chi connectivity index (χ4v) is 1.65. The van der Waals surface area contributed by atoms with E-state index in [1.54, 1.807) is 19.1 Å². The lowest BCUT2D eigenvalue weighted by Crippen LogP contribution is -2.18. The minimum absolute atomic E-state index is 0.267. The first-order chi connectivity index (χ1) is 6.56. The van der Waals surface area contributed by atoms with Gasteiger partial charge in [0, 0.05) is 12.6 Å². The van der Waals surface area contributed by atoms with Crippen LogP contribution in [0.25, 0.3) is 0 Å². The Bertz CT molecular complexity index is 390. The van der Waals surface area contributed by atoms with Crippen LogP contribution in [-0.2, 0) is 11.1 Å². The van der Waals surface area contributed by atoms with E-state index in [0.29, 0.717) is 11.1 Å². The Morgan fingerprint density at radius 1 is 1.50 bits per heavy atom. The molecule has 0 aliphatic carbocycles. The van der Waals surface area contributed by atoms with Gasteiger partial charge in [0.1, 0.15) is 0 Å². The molecule has 0 aromatic heterocycles. The molecule has 0 radical (unpaired) electrons. The molecule has 1 atom stereocenters. The Morgan fingerprint density at radius 2 is 2.14 bits per heavy atom. The lowest BCUT2D eigenvalue weighted by Gasteiger charge is -2.04. The Kier molecular flexibility index (Phi) is 3.38. The maximum atomic E-state index is 11.2. The van der Waals surface area contributed by atoms with Crippen molar-refractivity contribution in [3.05, 3.63) is 29.3 Å². The number of aryl methyl sites for hydroxylation is 1. The van der Waals surface area contributed by atoms with Crippen molar-refractivity contribution in [2.24, 2.45) is 0 Å². The van der Waals surface area contributed by atoms with E-state index in [1.165, 1.54) is 13.1 Å². The zero-order chi connectivity index (χ0) is 10.7. The van der Waals surface area contributed by atoms with Gasteiger partial charge in [-0.15, -0.1) is 0 Å². The number of amides is 1. The van der Waals surface area contributed by atoms with Gasteiger partial charge in [-0.2, -0.15) is 0 Å². The standard InChI is InChI=1S/C9H11NO3S/c1-6-3-4-7(9(11)10-2)5-8(6)14(12)13/h3-5H,1-2H3,(H,10,11)(H,12,13). The van der Waals surface area contributed by atoms with Crippen molar-refractivity contribution in [1.82, 2.24) is 5.32 Å². The van der Waals surface area contributed by atoms with E-state index >= 15 is 0 Å². The molecule has 4 nitrogen and oxygen atoms in total. The summed E-state index contributed by atoms with van der Waals surface area (Å²) in [4.78, 5) is 11.5. The number of carbonyl (C=O) groups excluding carboxylic acids is 1. The molecular weight excluding hydrogens is 202 g/mol. The van der Waals surface area contributed by atoms with Crippen LogP contribution in [-0.4, -0.2) is 21.7 Å². The molecule has 0 aliphatic rings. The third-order valence-electron chi connectivity index (χ3n) is 1.87. The largest absolute Gasteiger partial charge is 0.355 e. The highest BCUT2D eigenvalue weighted by atomic mass is 32.2. The molecule has 0 saturated carbocycles. The smallest absolute Gasteiger partial charge is 0.251 e. The number of hydrogen-bond donors (Lipinski definition) is 2. The first-order valence-corrected chi connectivity index (χ1v) is 5.10. The molecule has 0 aliphatic heterocycles. The molecule has 1 rings (SSSR count). The van der Waals surface area contributed by atoms with Gasteiger partial charge in [0.05, 0.1) is 4.90 Å². The van der Waals surface area contributed by atoms with Gasteiger partial charge in [-0.25, -0.2) is 4.21 Å². The minimum atomic E-state index is -2.05. The van der Waals surface area contributed by atoms with Crippen molar-refractivity contribution < 1.29 is 13.6 Å². The second-order valence-corrected chi connectivity index (χ2v) is 3.75. The third-order valence-corrected chi connectivity index (χ3v) is 2.68. The zero-order valence-corrected chi connectivity index (χ0v) is 8.72. The van der Waals surface area contributed by atoms with Crippen molar-refractivity contribution in [3.8, 4) is 0 Å². The topological polar surface area (TPSA) is 66.4 Å². The first-order valence-electron chi connectivity index (χ1n) is 4.00. The van der Waals surface area contributed by atoms with Crippen LogP contribution in [0.1, 0.15) is 15.9 Å². The van der Waals surface area contributed by atoms with E-state index in [2.05, 4.69) is 5.32 Å². The highest BCUT2D eigenvalue weighted by Crippen LogP contribution is 2.14. The summed E-state index contributed by atoms with van der Waals surface area (Å²) < 4.78 is 19.8. The predicted octanol–water partition coefficient (Wildman–Crippen LogP) is 0.935.